The van der Waals surface area contributed by atoms with E-state index in [1.54, 1.807) is 6.07 Å². The summed E-state index contributed by atoms with van der Waals surface area (Å²) in [7, 11) is 1.87. The summed E-state index contributed by atoms with van der Waals surface area (Å²) in [5, 5.41) is 30.9. The number of amides is 1. The van der Waals surface area contributed by atoms with Crippen molar-refractivity contribution in [2.45, 2.75) is 57.2 Å². The van der Waals surface area contributed by atoms with Gasteiger partial charge in [0.1, 0.15) is 6.07 Å². The highest BCUT2D eigenvalue weighted by Gasteiger charge is 2.35. The molecular weight excluding hydrogens is 542 g/mol. The number of fused-ring (bicyclic) bond motifs is 1. The molecule has 1 unspecified atom stereocenters. The van der Waals surface area contributed by atoms with Crippen LogP contribution in [0.25, 0.3) is 5.65 Å². The van der Waals surface area contributed by atoms with Crippen molar-refractivity contribution >= 4 is 46.3 Å². The minimum atomic E-state index is 0.210. The Morgan fingerprint density at radius 1 is 1.15 bits per heavy atom. The Kier molecular flexibility index (Phi) is 7.28. The van der Waals surface area contributed by atoms with Crippen LogP contribution in [-0.4, -0.2) is 86.6 Å². The molecule has 2 saturated heterocycles. The normalized spacial score (nSPS) is 19.6. The van der Waals surface area contributed by atoms with Crippen LogP contribution in [0.1, 0.15) is 50.3 Å². The molecule has 2 aromatic heterocycles. The molecule has 41 heavy (non-hydrogen) atoms. The number of nitrogens with one attached hydrogen (secondary N) is 2. The molecule has 4 heterocycles. The molecule has 12 nitrogen and oxygen atoms in total. The van der Waals surface area contributed by atoms with Crippen molar-refractivity contribution in [2.24, 2.45) is 0 Å². The Hall–Kier alpha value is -4.13. The summed E-state index contributed by atoms with van der Waals surface area (Å²) >= 11 is 6.96. The van der Waals surface area contributed by atoms with Gasteiger partial charge in [-0.2, -0.15) is 20.0 Å². The Morgan fingerprint density at radius 3 is 2.56 bits per heavy atom. The van der Waals surface area contributed by atoms with Gasteiger partial charge in [0.2, 0.25) is 11.9 Å². The molecule has 2 aliphatic heterocycles. The van der Waals surface area contributed by atoms with Gasteiger partial charge in [0.25, 0.3) is 0 Å². The van der Waals surface area contributed by atoms with E-state index in [0.29, 0.717) is 51.9 Å². The summed E-state index contributed by atoms with van der Waals surface area (Å²) in [6, 6.07) is 8.83. The Labute approximate surface area is 243 Å². The third kappa shape index (κ3) is 5.33. The van der Waals surface area contributed by atoms with E-state index in [2.05, 4.69) is 54.6 Å². The summed E-state index contributed by atoms with van der Waals surface area (Å²) in [6.07, 6.45) is 6.02. The number of nitriles is 2. The van der Waals surface area contributed by atoms with Crippen molar-refractivity contribution in [3.05, 3.63) is 34.6 Å². The second-order valence-corrected chi connectivity index (χ2v) is 11.3. The number of halogens is 1. The number of benzene rings is 1. The Morgan fingerprint density at radius 2 is 1.93 bits per heavy atom. The lowest BCUT2D eigenvalue weighted by molar-refractivity contribution is -0.126. The number of piperidine rings is 1. The third-order valence-corrected chi connectivity index (χ3v) is 8.65. The second kappa shape index (κ2) is 11.0. The van der Waals surface area contributed by atoms with Crippen LogP contribution in [0, 0.1) is 22.7 Å². The van der Waals surface area contributed by atoms with E-state index < -0.39 is 0 Å². The molecule has 212 valence electrons. The van der Waals surface area contributed by atoms with Crippen molar-refractivity contribution < 1.29 is 4.79 Å². The van der Waals surface area contributed by atoms with Gasteiger partial charge in [0.15, 0.2) is 17.2 Å². The fraction of sp³-hybridized carbons (Fsp3) is 0.500. The molecule has 1 aromatic carbocycles. The molecule has 3 aliphatic rings. The first-order chi connectivity index (χ1) is 19.9. The molecule has 3 aromatic rings. The molecule has 6 rings (SSSR count). The molecule has 1 saturated carbocycles. The van der Waals surface area contributed by atoms with Gasteiger partial charge in [0, 0.05) is 51.2 Å². The average molecular weight is 574 g/mol. The van der Waals surface area contributed by atoms with E-state index in [0.717, 1.165) is 57.5 Å². The van der Waals surface area contributed by atoms with Gasteiger partial charge in [-0.3, -0.25) is 9.69 Å². The number of hydrogen-bond donors (Lipinski definition) is 2. The lowest BCUT2D eigenvalue weighted by Crippen LogP contribution is -2.49. The van der Waals surface area contributed by atoms with Crippen molar-refractivity contribution in [1.82, 2.24) is 29.4 Å². The maximum atomic E-state index is 12.1. The first kappa shape index (κ1) is 27.1. The molecule has 2 N–H and O–H groups in total. The predicted molar refractivity (Wildman–Crippen MR) is 155 cm³/mol. The molecule has 0 radical (unpaired) electrons. The number of likely N-dealkylation sites (N-methyl/N-ethyl adjacent to an activating group) is 2. The summed E-state index contributed by atoms with van der Waals surface area (Å²) in [6.45, 7) is 5.41. The number of hydrogen-bond acceptors (Lipinski definition) is 10. The Bertz CT molecular complexity index is 1560. The van der Waals surface area contributed by atoms with E-state index in [1.165, 1.54) is 10.7 Å². The summed E-state index contributed by atoms with van der Waals surface area (Å²) in [5.41, 5.74) is 2.53. The van der Waals surface area contributed by atoms with E-state index >= 15 is 0 Å². The minimum Gasteiger partial charge on any atom is -0.370 e. The molecule has 0 bridgehead atoms. The number of nitrogens with zero attached hydrogens (tertiary/aromatic N) is 9. The van der Waals surface area contributed by atoms with E-state index in [1.807, 2.05) is 18.0 Å². The van der Waals surface area contributed by atoms with E-state index in [9.17, 15) is 15.3 Å². The zero-order valence-corrected chi connectivity index (χ0v) is 23.9. The topological polar surface area (TPSA) is 142 Å². The maximum Gasteiger partial charge on any atom is 0.247 e. The number of carbonyl (C=O) groups excluding carboxylic acids is 1. The Balaban J connectivity index is 1.24. The lowest BCUT2D eigenvalue weighted by Gasteiger charge is -2.41. The lowest BCUT2D eigenvalue weighted by atomic mass is 9.99. The number of likely N-dealkylation sites (tertiary alicyclic amines) is 1. The number of aromatic nitrogens is 4. The number of carbonyl (C=O) groups is 1. The molecule has 0 spiro atoms. The van der Waals surface area contributed by atoms with Gasteiger partial charge in [0.05, 0.1) is 34.2 Å². The van der Waals surface area contributed by atoms with Crippen LogP contribution in [0.5, 0.6) is 0 Å². The summed E-state index contributed by atoms with van der Waals surface area (Å²) in [4.78, 5) is 27.6. The zero-order valence-electron chi connectivity index (χ0n) is 23.1. The van der Waals surface area contributed by atoms with Gasteiger partial charge in [-0.1, -0.05) is 18.5 Å². The molecular formula is C28H32ClN11O. The predicted octanol–water partition coefficient (Wildman–Crippen LogP) is 3.36. The summed E-state index contributed by atoms with van der Waals surface area (Å²) in [5.74, 6) is 0.991. The van der Waals surface area contributed by atoms with Gasteiger partial charge < -0.3 is 20.4 Å². The SMILES string of the molecule is CCN(C1CCN(c2cc(C#N)cc(Nc3nc(NC4CC4)c4ncc(C#N)n4n3)c2Cl)CC1)C1CC(=O)N(C)C1. The van der Waals surface area contributed by atoms with Crippen molar-refractivity contribution in [1.29, 1.82) is 10.5 Å². The molecule has 3 fully saturated rings. The van der Waals surface area contributed by atoms with E-state index in [4.69, 9.17) is 11.6 Å². The van der Waals surface area contributed by atoms with Crippen LogP contribution in [0.15, 0.2) is 18.3 Å². The van der Waals surface area contributed by atoms with E-state index in [-0.39, 0.29) is 17.9 Å². The highest BCUT2D eigenvalue weighted by molar-refractivity contribution is 6.36. The van der Waals surface area contributed by atoms with Gasteiger partial charge in [-0.15, -0.1) is 5.10 Å². The van der Waals surface area contributed by atoms with Crippen LogP contribution in [0.2, 0.25) is 5.02 Å². The smallest absolute Gasteiger partial charge is 0.247 e. The number of imidazole rings is 1. The first-order valence-electron chi connectivity index (χ1n) is 14.1. The summed E-state index contributed by atoms with van der Waals surface area (Å²) < 4.78 is 1.46. The highest BCUT2D eigenvalue weighted by atomic mass is 35.5. The van der Waals surface area contributed by atoms with Gasteiger partial charge in [-0.05, 0) is 44.4 Å². The third-order valence-electron chi connectivity index (χ3n) is 8.25. The van der Waals surface area contributed by atoms with Crippen molar-refractivity contribution in [3.63, 3.8) is 0 Å². The molecule has 1 amide bonds. The minimum absolute atomic E-state index is 0.210. The van der Waals surface area contributed by atoms with Crippen LogP contribution in [0.4, 0.5) is 23.1 Å². The fourth-order valence-electron chi connectivity index (χ4n) is 5.96. The number of anilines is 4. The van der Waals surface area contributed by atoms with Crippen molar-refractivity contribution in [2.75, 3.05) is 48.8 Å². The monoisotopic (exact) mass is 573 g/mol. The second-order valence-electron chi connectivity index (χ2n) is 11.0. The maximum absolute atomic E-state index is 12.1. The first-order valence-corrected chi connectivity index (χ1v) is 14.4. The number of rotatable bonds is 8. The van der Waals surface area contributed by atoms with Crippen LogP contribution < -0.4 is 15.5 Å². The standard InChI is InChI=1S/C28H32ClN11O/c1-3-39(20-12-24(41)37(2)16-20)19-6-8-38(9-7-19)23-11-17(13-30)10-22(25(23)29)34-28-35-26(33-18-4-5-18)27-32-15-21(14-31)40(27)36-28/h10-11,15,18-20H,3-9,12,16H2,1-2H3,(H2,33,34,35,36). The largest absolute Gasteiger partial charge is 0.370 e. The fourth-order valence-corrected chi connectivity index (χ4v) is 6.23. The van der Waals surface area contributed by atoms with Crippen LogP contribution in [0.3, 0.4) is 0 Å². The zero-order chi connectivity index (χ0) is 28.7. The molecule has 1 aliphatic carbocycles. The quantitative estimate of drug-likeness (QED) is 0.412. The molecule has 1 atom stereocenters. The highest BCUT2D eigenvalue weighted by Crippen LogP contribution is 2.38. The van der Waals surface area contributed by atoms with Crippen LogP contribution in [-0.2, 0) is 4.79 Å². The molecule has 13 heteroatoms. The van der Waals surface area contributed by atoms with Gasteiger partial charge >= 0.3 is 0 Å². The van der Waals surface area contributed by atoms with Gasteiger partial charge in [-0.25, -0.2) is 4.98 Å². The average Bonchev–Trinajstić information content (AvgIpc) is 3.60. The van der Waals surface area contributed by atoms with Crippen LogP contribution >= 0.6 is 11.6 Å². The van der Waals surface area contributed by atoms with Crippen molar-refractivity contribution in [3.8, 4) is 12.1 Å².